The van der Waals surface area contributed by atoms with Crippen LogP contribution in [0.2, 0.25) is 0 Å². The molecule has 142 valence electrons. The van der Waals surface area contributed by atoms with Crippen molar-refractivity contribution in [2.75, 3.05) is 32.7 Å². The van der Waals surface area contributed by atoms with E-state index in [4.69, 9.17) is 0 Å². The third-order valence-electron chi connectivity index (χ3n) is 4.74. The lowest BCUT2D eigenvalue weighted by Gasteiger charge is -2.34. The number of hydrogen-bond acceptors (Lipinski definition) is 4. The van der Waals surface area contributed by atoms with Crippen molar-refractivity contribution >= 4 is 11.8 Å². The number of carbonyl (C=O) groups is 2. The lowest BCUT2D eigenvalue weighted by Crippen LogP contribution is -2.51. The van der Waals surface area contributed by atoms with Gasteiger partial charge in [-0.1, -0.05) is 42.0 Å². The summed E-state index contributed by atoms with van der Waals surface area (Å²) >= 11 is 0. The number of benzene rings is 2. The zero-order chi connectivity index (χ0) is 19.2. The molecule has 1 aliphatic heterocycles. The average molecular weight is 367 g/mol. The van der Waals surface area contributed by atoms with Crippen molar-refractivity contribution in [2.45, 2.75) is 13.5 Å². The van der Waals surface area contributed by atoms with Gasteiger partial charge in [-0.3, -0.25) is 14.5 Å². The highest BCUT2D eigenvalue weighted by atomic mass is 16.3. The smallest absolute Gasteiger partial charge is 0.257 e. The number of nitrogens with one attached hydrogen (secondary N) is 1. The quantitative estimate of drug-likeness (QED) is 0.845. The minimum Gasteiger partial charge on any atom is -0.507 e. The Labute approximate surface area is 159 Å². The number of aryl methyl sites for hydroxylation is 1. The van der Waals surface area contributed by atoms with E-state index in [1.54, 1.807) is 23.1 Å². The van der Waals surface area contributed by atoms with Gasteiger partial charge >= 0.3 is 0 Å². The number of nitrogens with zero attached hydrogens (tertiary/aromatic N) is 2. The molecule has 0 bridgehead atoms. The lowest BCUT2D eigenvalue weighted by molar-refractivity contribution is -0.122. The number of phenolic OH excluding ortho intramolecular Hbond substituents is 1. The number of carbonyl (C=O) groups excluding carboxylic acids is 2. The van der Waals surface area contributed by atoms with Gasteiger partial charge in [0.2, 0.25) is 5.91 Å². The number of phenols is 1. The molecule has 1 saturated heterocycles. The Morgan fingerprint density at radius 3 is 2.44 bits per heavy atom. The third-order valence-corrected chi connectivity index (χ3v) is 4.74. The van der Waals surface area contributed by atoms with E-state index < -0.39 is 0 Å². The molecule has 1 aliphatic rings. The van der Waals surface area contributed by atoms with E-state index in [1.165, 1.54) is 0 Å². The molecule has 0 aromatic heterocycles. The molecule has 3 rings (SSSR count). The van der Waals surface area contributed by atoms with Gasteiger partial charge in [-0.25, -0.2) is 0 Å². The van der Waals surface area contributed by atoms with Crippen LogP contribution in [-0.4, -0.2) is 59.4 Å². The Bertz CT molecular complexity index is 800. The second-order valence-corrected chi connectivity index (χ2v) is 6.85. The van der Waals surface area contributed by atoms with Crippen LogP contribution in [0.5, 0.6) is 5.75 Å². The Morgan fingerprint density at radius 2 is 1.74 bits per heavy atom. The van der Waals surface area contributed by atoms with Crippen LogP contribution in [0.3, 0.4) is 0 Å². The van der Waals surface area contributed by atoms with E-state index in [1.807, 2.05) is 42.2 Å². The summed E-state index contributed by atoms with van der Waals surface area (Å²) in [4.78, 5) is 28.5. The number of amides is 2. The summed E-state index contributed by atoms with van der Waals surface area (Å²) in [5.74, 6) is -0.173. The van der Waals surface area contributed by atoms with Gasteiger partial charge in [-0.2, -0.15) is 0 Å². The fourth-order valence-corrected chi connectivity index (χ4v) is 3.16. The zero-order valence-corrected chi connectivity index (χ0v) is 15.5. The monoisotopic (exact) mass is 367 g/mol. The van der Waals surface area contributed by atoms with Gasteiger partial charge in [0, 0.05) is 32.7 Å². The Kier molecular flexibility index (Phi) is 6.08. The number of piperazine rings is 1. The van der Waals surface area contributed by atoms with Gasteiger partial charge in [0.1, 0.15) is 5.75 Å². The Morgan fingerprint density at radius 1 is 1.04 bits per heavy atom. The van der Waals surface area contributed by atoms with Crippen LogP contribution in [0.15, 0.2) is 48.5 Å². The molecule has 1 fully saturated rings. The fourth-order valence-electron chi connectivity index (χ4n) is 3.16. The van der Waals surface area contributed by atoms with Crippen LogP contribution in [0.4, 0.5) is 0 Å². The minimum absolute atomic E-state index is 0.00770. The molecular weight excluding hydrogens is 342 g/mol. The fraction of sp³-hybridized carbons (Fsp3) is 0.333. The molecule has 0 radical (unpaired) electrons. The van der Waals surface area contributed by atoms with Crippen LogP contribution < -0.4 is 5.32 Å². The SMILES string of the molecule is Cc1ccc(O)c(C(=O)N2CCN(CC(=O)NCc3ccccc3)CC2)c1. The summed E-state index contributed by atoms with van der Waals surface area (Å²) in [5, 5.41) is 12.9. The summed E-state index contributed by atoms with van der Waals surface area (Å²) in [6, 6.07) is 14.8. The molecular formula is C21H25N3O3. The van der Waals surface area contributed by atoms with Gasteiger partial charge in [0.15, 0.2) is 0 Å². The molecule has 2 amide bonds. The molecule has 1 heterocycles. The highest BCUT2D eigenvalue weighted by molar-refractivity contribution is 5.97. The van der Waals surface area contributed by atoms with Crippen LogP contribution in [-0.2, 0) is 11.3 Å². The van der Waals surface area contributed by atoms with Crippen LogP contribution >= 0.6 is 0 Å². The van der Waals surface area contributed by atoms with Crippen LogP contribution in [0, 0.1) is 6.92 Å². The Balaban J connectivity index is 1.46. The lowest BCUT2D eigenvalue weighted by atomic mass is 10.1. The highest BCUT2D eigenvalue weighted by Crippen LogP contribution is 2.20. The molecule has 0 unspecified atom stereocenters. The first-order valence-corrected chi connectivity index (χ1v) is 9.15. The molecule has 0 saturated carbocycles. The van der Waals surface area contributed by atoms with Crippen molar-refractivity contribution in [2.24, 2.45) is 0 Å². The van der Waals surface area contributed by atoms with Crippen molar-refractivity contribution in [1.82, 2.24) is 15.1 Å². The molecule has 6 heteroatoms. The highest BCUT2D eigenvalue weighted by Gasteiger charge is 2.24. The van der Waals surface area contributed by atoms with E-state index >= 15 is 0 Å². The largest absolute Gasteiger partial charge is 0.507 e. The van der Waals surface area contributed by atoms with Gasteiger partial charge < -0.3 is 15.3 Å². The first kappa shape index (κ1) is 18.9. The predicted molar refractivity (Wildman–Crippen MR) is 103 cm³/mol. The summed E-state index contributed by atoms with van der Waals surface area (Å²) < 4.78 is 0. The summed E-state index contributed by atoms with van der Waals surface area (Å²) in [7, 11) is 0. The second-order valence-electron chi connectivity index (χ2n) is 6.85. The topological polar surface area (TPSA) is 72.9 Å². The first-order chi connectivity index (χ1) is 13.0. The van der Waals surface area contributed by atoms with Gasteiger partial charge in [-0.05, 0) is 24.6 Å². The van der Waals surface area contributed by atoms with Crippen molar-refractivity contribution in [1.29, 1.82) is 0 Å². The van der Waals surface area contributed by atoms with Crippen LogP contribution in [0.1, 0.15) is 21.5 Å². The van der Waals surface area contributed by atoms with E-state index in [0.717, 1.165) is 11.1 Å². The van der Waals surface area contributed by atoms with E-state index in [-0.39, 0.29) is 17.6 Å². The molecule has 0 atom stereocenters. The maximum atomic E-state index is 12.6. The van der Waals surface area contributed by atoms with Crippen LogP contribution in [0.25, 0.3) is 0 Å². The first-order valence-electron chi connectivity index (χ1n) is 9.15. The predicted octanol–water partition coefficient (Wildman–Crippen LogP) is 1.77. The van der Waals surface area contributed by atoms with Crippen molar-refractivity contribution in [3.8, 4) is 5.75 Å². The normalized spacial score (nSPS) is 14.8. The summed E-state index contributed by atoms with van der Waals surface area (Å²) in [6.07, 6.45) is 0. The summed E-state index contributed by atoms with van der Waals surface area (Å²) in [5.41, 5.74) is 2.34. The Hall–Kier alpha value is -2.86. The van der Waals surface area contributed by atoms with Crippen molar-refractivity contribution < 1.29 is 14.7 Å². The number of aromatic hydroxyl groups is 1. The molecule has 27 heavy (non-hydrogen) atoms. The maximum absolute atomic E-state index is 12.6. The number of rotatable bonds is 5. The van der Waals surface area contributed by atoms with Gasteiger partial charge in [-0.15, -0.1) is 0 Å². The van der Waals surface area contributed by atoms with Crippen molar-refractivity contribution in [3.63, 3.8) is 0 Å². The standard InChI is InChI=1S/C21H25N3O3/c1-16-7-8-19(25)18(13-16)21(27)24-11-9-23(10-12-24)15-20(26)22-14-17-5-3-2-4-6-17/h2-8,13,25H,9-12,14-15H2,1H3,(H,22,26). The molecule has 2 aromatic rings. The minimum atomic E-state index is -0.163. The molecule has 2 aromatic carbocycles. The average Bonchev–Trinajstić information content (AvgIpc) is 2.69. The second kappa shape index (κ2) is 8.68. The summed E-state index contributed by atoms with van der Waals surface area (Å²) in [6.45, 7) is 5.09. The molecule has 0 spiro atoms. The van der Waals surface area contributed by atoms with Gasteiger partial charge in [0.05, 0.1) is 12.1 Å². The van der Waals surface area contributed by atoms with Crippen molar-refractivity contribution in [3.05, 3.63) is 65.2 Å². The molecule has 0 aliphatic carbocycles. The zero-order valence-electron chi connectivity index (χ0n) is 15.5. The van der Waals surface area contributed by atoms with E-state index in [9.17, 15) is 14.7 Å². The van der Waals surface area contributed by atoms with E-state index in [2.05, 4.69) is 5.32 Å². The molecule has 2 N–H and O–H groups in total. The third kappa shape index (κ3) is 5.08. The van der Waals surface area contributed by atoms with E-state index in [0.29, 0.717) is 44.8 Å². The van der Waals surface area contributed by atoms with Gasteiger partial charge in [0.25, 0.3) is 5.91 Å². The number of hydrogen-bond donors (Lipinski definition) is 2. The molecule has 6 nitrogen and oxygen atoms in total. The maximum Gasteiger partial charge on any atom is 0.257 e.